The second kappa shape index (κ2) is 14.4. The molecular weight excluding hydrogens is 492 g/mol. The van der Waals surface area contributed by atoms with Crippen LogP contribution in [-0.4, -0.2) is 78.3 Å². The Morgan fingerprint density at radius 3 is 2.49 bits per heavy atom. The van der Waals surface area contributed by atoms with Gasteiger partial charge in [-0.1, -0.05) is 45.4 Å². The zero-order valence-electron chi connectivity index (χ0n) is 24.3. The van der Waals surface area contributed by atoms with E-state index in [1.165, 1.54) is 38.5 Å². The van der Waals surface area contributed by atoms with Gasteiger partial charge in [-0.25, -0.2) is 4.79 Å². The van der Waals surface area contributed by atoms with E-state index in [1.807, 2.05) is 25.1 Å². The second-order valence-electron chi connectivity index (χ2n) is 12.4. The summed E-state index contributed by atoms with van der Waals surface area (Å²) in [5, 5.41) is 16.0. The van der Waals surface area contributed by atoms with E-state index in [1.54, 1.807) is 4.90 Å². The molecule has 1 aromatic rings. The molecule has 0 bridgehead atoms. The van der Waals surface area contributed by atoms with E-state index < -0.39 is 0 Å². The van der Waals surface area contributed by atoms with Crippen molar-refractivity contribution in [3.8, 4) is 5.75 Å². The van der Waals surface area contributed by atoms with Crippen LogP contribution in [0.1, 0.15) is 83.6 Å². The highest BCUT2D eigenvalue weighted by molar-refractivity contribution is 5.90. The van der Waals surface area contributed by atoms with E-state index in [0.29, 0.717) is 18.0 Å². The van der Waals surface area contributed by atoms with Gasteiger partial charge >= 0.3 is 6.03 Å². The molecule has 4 rings (SSSR count). The molecule has 0 saturated heterocycles. The first kappa shape index (κ1) is 29.7. The maximum absolute atomic E-state index is 13.5. The lowest BCUT2D eigenvalue weighted by atomic mass is 9.89. The summed E-state index contributed by atoms with van der Waals surface area (Å²) in [5.74, 6) is 1.49. The Kier molecular flexibility index (Phi) is 10.9. The number of nitrogens with one attached hydrogen (secondary N) is 2. The smallest absolute Gasteiger partial charge is 0.319 e. The molecule has 8 nitrogen and oxygen atoms in total. The third-order valence-electron chi connectivity index (χ3n) is 8.90. The van der Waals surface area contributed by atoms with Crippen LogP contribution < -0.4 is 15.4 Å². The lowest BCUT2D eigenvalue weighted by Gasteiger charge is -2.35. The van der Waals surface area contributed by atoms with E-state index >= 15 is 0 Å². The third-order valence-corrected chi connectivity index (χ3v) is 8.90. The van der Waals surface area contributed by atoms with Gasteiger partial charge in [-0.3, -0.25) is 4.79 Å². The first-order valence-electron chi connectivity index (χ1n) is 15.3. The number of likely N-dealkylation sites (N-methyl/N-ethyl adjacent to an activating group) is 1. The van der Waals surface area contributed by atoms with E-state index in [0.717, 1.165) is 50.3 Å². The number of nitrogens with zero attached hydrogens (tertiary/aromatic N) is 2. The number of rotatable bonds is 8. The number of carbonyl (C=O) groups excluding carboxylic acids is 2. The number of benzene rings is 1. The third kappa shape index (κ3) is 8.58. The average Bonchev–Trinajstić information content (AvgIpc) is 2.97. The van der Waals surface area contributed by atoms with Gasteiger partial charge in [0, 0.05) is 42.8 Å². The average molecular weight is 543 g/mol. The number of anilines is 1. The molecule has 1 aromatic carbocycles. The van der Waals surface area contributed by atoms with Crippen LogP contribution in [0.15, 0.2) is 18.2 Å². The van der Waals surface area contributed by atoms with Gasteiger partial charge in [0.15, 0.2) is 0 Å². The normalized spacial score (nSPS) is 24.2. The fraction of sp³-hybridized carbons (Fsp3) is 0.742. The molecule has 8 heteroatoms. The van der Waals surface area contributed by atoms with Crippen LogP contribution >= 0.6 is 0 Å². The Morgan fingerprint density at radius 1 is 1.10 bits per heavy atom. The summed E-state index contributed by atoms with van der Waals surface area (Å²) in [6, 6.07) is 5.37. The minimum atomic E-state index is -0.273. The zero-order chi connectivity index (χ0) is 27.8. The second-order valence-corrected chi connectivity index (χ2v) is 12.4. The van der Waals surface area contributed by atoms with Gasteiger partial charge in [0.25, 0.3) is 0 Å². The van der Waals surface area contributed by atoms with Crippen LogP contribution in [0.4, 0.5) is 10.5 Å². The summed E-state index contributed by atoms with van der Waals surface area (Å²) in [7, 11) is 2.18. The Hall–Kier alpha value is -2.32. The summed E-state index contributed by atoms with van der Waals surface area (Å²) < 4.78 is 6.67. The van der Waals surface area contributed by atoms with Crippen molar-refractivity contribution >= 4 is 17.6 Å². The first-order valence-corrected chi connectivity index (χ1v) is 15.3. The number of aliphatic hydroxyl groups is 1. The van der Waals surface area contributed by atoms with Gasteiger partial charge < -0.3 is 30.3 Å². The highest BCUT2D eigenvalue weighted by atomic mass is 16.5. The standard InChI is InChI=1S/C31H50N4O4/c1-22-18-35(23(2)21-36)30(37)17-25-16-27(33-31(38)32-26-12-8-5-9-13-26)14-15-28(25)39-29(22)20-34(3)19-24-10-6-4-7-11-24/h14-16,22-24,26,29,36H,4-13,17-21H2,1-3H3,(H2,32,33,38)/t22-,23+,29+/m1/s1. The van der Waals surface area contributed by atoms with Gasteiger partial charge in [-0.15, -0.1) is 0 Å². The number of fused-ring (bicyclic) bond motifs is 1. The van der Waals surface area contributed by atoms with Crippen molar-refractivity contribution in [3.63, 3.8) is 0 Å². The Morgan fingerprint density at radius 2 is 1.79 bits per heavy atom. The number of hydrogen-bond acceptors (Lipinski definition) is 5. The maximum atomic E-state index is 13.5. The van der Waals surface area contributed by atoms with Crippen molar-refractivity contribution in [1.29, 1.82) is 0 Å². The summed E-state index contributed by atoms with van der Waals surface area (Å²) >= 11 is 0. The van der Waals surface area contributed by atoms with E-state index in [4.69, 9.17) is 4.74 Å². The summed E-state index contributed by atoms with van der Waals surface area (Å²) in [4.78, 5) is 30.3. The Labute approximate surface area is 234 Å². The first-order chi connectivity index (χ1) is 18.8. The van der Waals surface area contributed by atoms with Crippen molar-refractivity contribution in [2.75, 3.05) is 38.6 Å². The fourth-order valence-corrected chi connectivity index (χ4v) is 6.52. The van der Waals surface area contributed by atoms with Gasteiger partial charge in [-0.05, 0) is 63.8 Å². The lowest BCUT2D eigenvalue weighted by molar-refractivity contribution is -0.134. The van der Waals surface area contributed by atoms with E-state index in [9.17, 15) is 14.7 Å². The number of carbonyl (C=O) groups is 2. The molecule has 0 spiro atoms. The molecule has 2 fully saturated rings. The van der Waals surface area contributed by atoms with Crippen molar-refractivity contribution in [2.45, 2.75) is 103 Å². The van der Waals surface area contributed by atoms with Crippen LogP contribution in [0, 0.1) is 11.8 Å². The number of amides is 3. The molecule has 1 heterocycles. The molecule has 3 N–H and O–H groups in total. The van der Waals surface area contributed by atoms with Gasteiger partial charge in [0.1, 0.15) is 11.9 Å². The number of hydrogen-bond donors (Lipinski definition) is 3. The predicted octanol–water partition coefficient (Wildman–Crippen LogP) is 4.80. The summed E-state index contributed by atoms with van der Waals surface area (Å²) in [6.45, 7) is 6.32. The molecule has 218 valence electrons. The number of ether oxygens (including phenoxy) is 1. The molecule has 3 aliphatic rings. The van der Waals surface area contributed by atoms with Crippen LogP contribution in [0.3, 0.4) is 0 Å². The van der Waals surface area contributed by atoms with Crippen molar-refractivity contribution < 1.29 is 19.4 Å². The number of aliphatic hydroxyl groups excluding tert-OH is 1. The monoisotopic (exact) mass is 542 g/mol. The predicted molar refractivity (Wildman–Crippen MR) is 155 cm³/mol. The molecular formula is C31H50N4O4. The zero-order valence-corrected chi connectivity index (χ0v) is 24.3. The minimum absolute atomic E-state index is 0.0340. The fourth-order valence-electron chi connectivity index (χ4n) is 6.52. The topological polar surface area (TPSA) is 94.1 Å². The molecule has 2 saturated carbocycles. The molecule has 3 amide bonds. The SMILES string of the molecule is C[C@@H]1CN([C@@H](C)CO)C(=O)Cc2cc(NC(=O)NC3CCCCC3)ccc2O[C@H]1CN(C)CC1CCCCC1. The van der Waals surface area contributed by atoms with Crippen molar-refractivity contribution in [1.82, 2.24) is 15.1 Å². The molecule has 1 aliphatic heterocycles. The molecule has 2 aliphatic carbocycles. The van der Waals surface area contributed by atoms with Crippen LogP contribution in [-0.2, 0) is 11.2 Å². The summed E-state index contributed by atoms with van der Waals surface area (Å²) in [6.07, 6.45) is 12.3. The van der Waals surface area contributed by atoms with Gasteiger partial charge in [-0.2, -0.15) is 0 Å². The van der Waals surface area contributed by atoms with Crippen molar-refractivity contribution in [2.24, 2.45) is 11.8 Å². The molecule has 0 radical (unpaired) electrons. The Bertz CT molecular complexity index is 945. The van der Waals surface area contributed by atoms with Gasteiger partial charge in [0.2, 0.25) is 5.91 Å². The van der Waals surface area contributed by atoms with Crippen molar-refractivity contribution in [3.05, 3.63) is 23.8 Å². The van der Waals surface area contributed by atoms with Gasteiger partial charge in [0.05, 0.1) is 19.1 Å². The Balaban J connectivity index is 1.50. The quantitative estimate of drug-likeness (QED) is 0.439. The summed E-state index contributed by atoms with van der Waals surface area (Å²) in [5.41, 5.74) is 1.41. The highest BCUT2D eigenvalue weighted by Crippen LogP contribution is 2.30. The maximum Gasteiger partial charge on any atom is 0.319 e. The number of urea groups is 1. The largest absolute Gasteiger partial charge is 0.488 e. The highest BCUT2D eigenvalue weighted by Gasteiger charge is 2.31. The lowest BCUT2D eigenvalue weighted by Crippen LogP contribution is -2.48. The van der Waals surface area contributed by atoms with Crippen LogP contribution in [0.5, 0.6) is 5.75 Å². The van der Waals surface area contributed by atoms with Crippen LogP contribution in [0.25, 0.3) is 0 Å². The molecule has 0 aromatic heterocycles. The van der Waals surface area contributed by atoms with E-state index in [2.05, 4.69) is 29.5 Å². The molecule has 0 unspecified atom stereocenters. The molecule has 3 atom stereocenters. The molecule has 39 heavy (non-hydrogen) atoms. The minimum Gasteiger partial charge on any atom is -0.488 e. The van der Waals surface area contributed by atoms with E-state index in [-0.39, 0.29) is 49.1 Å². The van der Waals surface area contributed by atoms with Crippen LogP contribution in [0.2, 0.25) is 0 Å².